The molecular weight excluding hydrogens is 360 g/mol. The number of carbonyl (C=O) groups is 1. The molecule has 8 nitrogen and oxygen atoms in total. The van der Waals surface area contributed by atoms with Gasteiger partial charge in [-0.1, -0.05) is 0 Å². The lowest BCUT2D eigenvalue weighted by molar-refractivity contribution is -0.120. The molecule has 28 heavy (non-hydrogen) atoms. The Kier molecular flexibility index (Phi) is 6.18. The average molecular weight is 386 g/mol. The summed E-state index contributed by atoms with van der Waals surface area (Å²) in [6.07, 6.45) is 3.25. The van der Waals surface area contributed by atoms with Gasteiger partial charge in [0.1, 0.15) is 0 Å². The second-order valence-corrected chi connectivity index (χ2v) is 6.66. The van der Waals surface area contributed by atoms with Crippen LogP contribution in [0.5, 0.6) is 17.2 Å². The van der Waals surface area contributed by atoms with Gasteiger partial charge in [0.2, 0.25) is 17.6 Å². The molecule has 0 atom stereocenters. The third kappa shape index (κ3) is 4.27. The Morgan fingerprint density at radius 1 is 1.11 bits per heavy atom. The predicted octanol–water partition coefficient (Wildman–Crippen LogP) is 2.67. The van der Waals surface area contributed by atoms with Crippen molar-refractivity contribution in [2.24, 2.45) is 5.92 Å². The van der Waals surface area contributed by atoms with Crippen LogP contribution >= 0.6 is 0 Å². The third-order valence-corrected chi connectivity index (χ3v) is 4.86. The van der Waals surface area contributed by atoms with Crippen LogP contribution in [0.15, 0.2) is 24.4 Å². The van der Waals surface area contributed by atoms with Crippen LogP contribution in [-0.2, 0) is 4.79 Å². The van der Waals surface area contributed by atoms with E-state index in [1.54, 1.807) is 39.7 Å². The molecule has 0 saturated carbocycles. The number of benzene rings is 1. The molecule has 1 aromatic carbocycles. The first-order chi connectivity index (χ1) is 13.5. The summed E-state index contributed by atoms with van der Waals surface area (Å²) in [5.41, 5.74) is 1.55. The van der Waals surface area contributed by atoms with E-state index < -0.39 is 0 Å². The molecule has 1 fully saturated rings. The number of rotatable bonds is 6. The van der Waals surface area contributed by atoms with Crippen LogP contribution in [0.1, 0.15) is 18.5 Å². The van der Waals surface area contributed by atoms with Crippen LogP contribution in [0.3, 0.4) is 0 Å². The summed E-state index contributed by atoms with van der Waals surface area (Å²) in [6, 6.07) is 5.34. The highest BCUT2D eigenvalue weighted by Gasteiger charge is 2.26. The van der Waals surface area contributed by atoms with Gasteiger partial charge in [-0.25, -0.2) is 9.97 Å². The molecule has 1 aliphatic heterocycles. The molecule has 0 bridgehead atoms. The van der Waals surface area contributed by atoms with Gasteiger partial charge in [-0.15, -0.1) is 0 Å². The van der Waals surface area contributed by atoms with E-state index in [0.29, 0.717) is 22.9 Å². The first kappa shape index (κ1) is 19.7. The number of hydrogen-bond donors (Lipinski definition) is 1. The van der Waals surface area contributed by atoms with Gasteiger partial charge in [-0.05, 0) is 25.8 Å². The topological polar surface area (TPSA) is 85.8 Å². The van der Waals surface area contributed by atoms with E-state index in [2.05, 4.69) is 20.2 Å². The zero-order chi connectivity index (χ0) is 20.1. The van der Waals surface area contributed by atoms with E-state index in [0.717, 1.165) is 37.6 Å². The van der Waals surface area contributed by atoms with Crippen molar-refractivity contribution in [2.75, 3.05) is 44.6 Å². The highest BCUT2D eigenvalue weighted by atomic mass is 16.5. The number of piperidine rings is 1. The van der Waals surface area contributed by atoms with E-state index in [-0.39, 0.29) is 11.8 Å². The predicted molar refractivity (Wildman–Crippen MR) is 106 cm³/mol. The molecule has 2 heterocycles. The van der Waals surface area contributed by atoms with Gasteiger partial charge in [-0.2, -0.15) is 0 Å². The highest BCUT2D eigenvalue weighted by molar-refractivity contribution is 5.93. The fraction of sp³-hybridized carbons (Fsp3) is 0.450. The molecule has 0 aliphatic carbocycles. The first-order valence-electron chi connectivity index (χ1n) is 9.21. The van der Waals surface area contributed by atoms with E-state index in [4.69, 9.17) is 14.2 Å². The van der Waals surface area contributed by atoms with Crippen LogP contribution in [0, 0.1) is 12.8 Å². The summed E-state index contributed by atoms with van der Waals surface area (Å²) in [5, 5.41) is 2.97. The molecule has 0 unspecified atom stereocenters. The van der Waals surface area contributed by atoms with Crippen LogP contribution in [-0.4, -0.2) is 50.3 Å². The highest BCUT2D eigenvalue weighted by Crippen LogP contribution is 2.40. The summed E-state index contributed by atoms with van der Waals surface area (Å²) in [7, 11) is 4.64. The van der Waals surface area contributed by atoms with E-state index in [9.17, 15) is 4.79 Å². The maximum absolute atomic E-state index is 12.7. The quantitative estimate of drug-likeness (QED) is 0.817. The minimum atomic E-state index is -0.0693. The molecule has 1 N–H and O–H groups in total. The lowest BCUT2D eigenvalue weighted by Crippen LogP contribution is -2.39. The minimum Gasteiger partial charge on any atom is -0.493 e. The molecule has 1 saturated heterocycles. The largest absolute Gasteiger partial charge is 0.493 e. The minimum absolute atomic E-state index is 0.0147. The zero-order valence-corrected chi connectivity index (χ0v) is 16.7. The first-order valence-corrected chi connectivity index (χ1v) is 9.21. The number of hydrogen-bond acceptors (Lipinski definition) is 7. The van der Waals surface area contributed by atoms with Crippen molar-refractivity contribution in [3.05, 3.63) is 30.1 Å². The maximum atomic E-state index is 12.7. The van der Waals surface area contributed by atoms with Gasteiger partial charge in [0.15, 0.2) is 11.5 Å². The van der Waals surface area contributed by atoms with Gasteiger partial charge in [-0.3, -0.25) is 4.79 Å². The summed E-state index contributed by atoms with van der Waals surface area (Å²) in [6.45, 7) is 3.44. The third-order valence-electron chi connectivity index (χ3n) is 4.86. The summed E-state index contributed by atoms with van der Waals surface area (Å²) in [4.78, 5) is 23.7. The summed E-state index contributed by atoms with van der Waals surface area (Å²) < 4.78 is 16.0. The van der Waals surface area contributed by atoms with E-state index >= 15 is 0 Å². The monoisotopic (exact) mass is 386 g/mol. The molecule has 3 rings (SSSR count). The van der Waals surface area contributed by atoms with Crippen LogP contribution in [0.25, 0.3) is 0 Å². The Morgan fingerprint density at radius 2 is 1.75 bits per heavy atom. The molecule has 2 aromatic rings. The van der Waals surface area contributed by atoms with Gasteiger partial charge in [0.25, 0.3) is 0 Å². The number of amides is 1. The SMILES string of the molecule is COc1cc(NC(=O)C2CCN(c3nccc(C)n3)CC2)cc(OC)c1OC. The number of aromatic nitrogens is 2. The fourth-order valence-corrected chi connectivity index (χ4v) is 3.33. The zero-order valence-electron chi connectivity index (χ0n) is 16.7. The fourth-order valence-electron chi connectivity index (χ4n) is 3.33. The smallest absolute Gasteiger partial charge is 0.227 e. The second-order valence-electron chi connectivity index (χ2n) is 6.66. The Labute approximate surface area is 164 Å². The van der Waals surface area contributed by atoms with Crippen molar-refractivity contribution in [1.29, 1.82) is 0 Å². The van der Waals surface area contributed by atoms with Crippen molar-refractivity contribution in [3.63, 3.8) is 0 Å². The molecular formula is C20H26N4O4. The summed E-state index contributed by atoms with van der Waals surface area (Å²) >= 11 is 0. The van der Waals surface area contributed by atoms with Gasteiger partial charge < -0.3 is 24.4 Å². The van der Waals surface area contributed by atoms with E-state index in [1.165, 1.54) is 0 Å². The van der Waals surface area contributed by atoms with Crippen molar-refractivity contribution in [2.45, 2.75) is 19.8 Å². The van der Waals surface area contributed by atoms with Gasteiger partial charge in [0.05, 0.1) is 21.3 Å². The molecule has 1 aromatic heterocycles. The Hall–Kier alpha value is -3.03. The number of ether oxygens (including phenoxy) is 3. The Balaban J connectivity index is 1.64. The standard InChI is InChI=1S/C20H26N4O4/c1-13-5-8-21-20(22-13)24-9-6-14(7-10-24)19(25)23-15-11-16(26-2)18(28-4)17(12-15)27-3/h5,8,11-12,14H,6-7,9-10H2,1-4H3,(H,23,25). The molecule has 8 heteroatoms. The van der Waals surface area contributed by atoms with Gasteiger partial charge in [0, 0.05) is 48.7 Å². The summed E-state index contributed by atoms with van der Waals surface area (Å²) in [5.74, 6) is 2.14. The Morgan fingerprint density at radius 3 is 2.29 bits per heavy atom. The lowest BCUT2D eigenvalue weighted by atomic mass is 9.96. The number of anilines is 2. The van der Waals surface area contributed by atoms with Crippen molar-refractivity contribution in [1.82, 2.24) is 9.97 Å². The molecule has 0 radical (unpaired) electrons. The van der Waals surface area contributed by atoms with Gasteiger partial charge >= 0.3 is 0 Å². The van der Waals surface area contributed by atoms with Crippen molar-refractivity contribution in [3.8, 4) is 17.2 Å². The molecule has 1 amide bonds. The maximum Gasteiger partial charge on any atom is 0.227 e. The molecule has 0 spiro atoms. The van der Waals surface area contributed by atoms with E-state index in [1.807, 2.05) is 13.0 Å². The van der Waals surface area contributed by atoms with Crippen molar-refractivity contribution >= 4 is 17.5 Å². The second kappa shape index (κ2) is 8.77. The van der Waals surface area contributed by atoms with Crippen molar-refractivity contribution < 1.29 is 19.0 Å². The Bertz CT molecular complexity index is 810. The number of nitrogens with one attached hydrogen (secondary N) is 1. The normalized spacial score (nSPS) is 14.5. The van der Waals surface area contributed by atoms with Crippen LogP contribution < -0.4 is 24.4 Å². The number of methoxy groups -OCH3 is 3. The van der Waals surface area contributed by atoms with Crippen LogP contribution in [0.2, 0.25) is 0 Å². The number of carbonyl (C=O) groups excluding carboxylic acids is 1. The van der Waals surface area contributed by atoms with Crippen LogP contribution in [0.4, 0.5) is 11.6 Å². The molecule has 1 aliphatic rings. The molecule has 150 valence electrons. The number of aryl methyl sites for hydroxylation is 1. The number of nitrogens with zero attached hydrogens (tertiary/aromatic N) is 3. The average Bonchev–Trinajstić information content (AvgIpc) is 2.73. The lowest BCUT2D eigenvalue weighted by Gasteiger charge is -2.31.